The van der Waals surface area contributed by atoms with Gasteiger partial charge in [0.05, 0.1) is 5.60 Å². The first-order valence-corrected chi connectivity index (χ1v) is 12.8. The Balaban J connectivity index is 1.65. The van der Waals surface area contributed by atoms with Crippen molar-refractivity contribution in [3.63, 3.8) is 0 Å². The fourth-order valence-electron chi connectivity index (χ4n) is 5.67. The molecule has 0 radical (unpaired) electrons. The highest BCUT2D eigenvalue weighted by atomic mass is 19.1. The van der Waals surface area contributed by atoms with Gasteiger partial charge in [-0.25, -0.2) is 9.18 Å². The molecule has 3 unspecified atom stereocenters. The summed E-state index contributed by atoms with van der Waals surface area (Å²) in [6, 6.07) is 14.3. The van der Waals surface area contributed by atoms with Crippen LogP contribution in [-0.4, -0.2) is 66.9 Å². The average molecular weight is 484 g/mol. The van der Waals surface area contributed by atoms with Crippen LogP contribution in [0.1, 0.15) is 44.1 Å². The number of methoxy groups -OCH3 is 1. The highest BCUT2D eigenvalue weighted by molar-refractivity contribution is 5.75. The van der Waals surface area contributed by atoms with E-state index in [9.17, 15) is 14.3 Å². The molecule has 0 aliphatic carbocycles. The fraction of sp³-hybridized carbons (Fsp3) is 0.536. The van der Waals surface area contributed by atoms with Gasteiger partial charge in [-0.2, -0.15) is 0 Å². The Kier molecular flexibility index (Phi) is 8.42. The summed E-state index contributed by atoms with van der Waals surface area (Å²) in [7, 11) is 1.68. The normalized spacial score (nSPS) is 22.3. The number of carbonyl (C=O) groups excluding carboxylic acids is 1. The maximum absolute atomic E-state index is 14.1. The number of nitrogens with two attached hydrogens (primary N) is 1. The quantitative estimate of drug-likeness (QED) is 0.547. The van der Waals surface area contributed by atoms with Crippen LogP contribution >= 0.6 is 0 Å². The molecule has 0 aromatic heterocycles. The number of hydrogen-bond acceptors (Lipinski definition) is 4. The number of hydrogen-bond donors (Lipinski definition) is 2. The van der Waals surface area contributed by atoms with Crippen molar-refractivity contribution in [2.75, 3.05) is 39.9 Å². The lowest BCUT2D eigenvalue weighted by Gasteiger charge is -2.44. The third-order valence-electron chi connectivity index (χ3n) is 7.55. The summed E-state index contributed by atoms with van der Waals surface area (Å²) >= 11 is 0. The van der Waals surface area contributed by atoms with E-state index >= 15 is 0 Å². The number of carbonyl (C=O) groups is 1. The number of aliphatic hydroxyl groups is 1. The predicted octanol–water partition coefficient (Wildman–Crippen LogP) is 4.36. The lowest BCUT2D eigenvalue weighted by atomic mass is 9.72. The summed E-state index contributed by atoms with van der Waals surface area (Å²) < 4.78 is 19.3. The van der Waals surface area contributed by atoms with Gasteiger partial charge in [-0.1, -0.05) is 36.4 Å². The minimum absolute atomic E-state index is 0.0165. The monoisotopic (exact) mass is 483 g/mol. The van der Waals surface area contributed by atoms with E-state index < -0.39 is 5.60 Å². The molecule has 4 rings (SSSR count). The molecule has 6 nitrogen and oxygen atoms in total. The molecule has 3 N–H and O–H groups in total. The first-order chi connectivity index (χ1) is 16.9. The van der Waals surface area contributed by atoms with Crippen LogP contribution in [0.3, 0.4) is 0 Å². The predicted molar refractivity (Wildman–Crippen MR) is 135 cm³/mol. The molecule has 2 aliphatic rings. The summed E-state index contributed by atoms with van der Waals surface area (Å²) in [5.41, 5.74) is 7.25. The van der Waals surface area contributed by atoms with E-state index in [4.69, 9.17) is 10.5 Å². The van der Waals surface area contributed by atoms with Crippen molar-refractivity contribution >= 4 is 6.03 Å². The molecule has 0 saturated carbocycles. The maximum atomic E-state index is 14.1. The largest absolute Gasteiger partial charge is 0.385 e. The Morgan fingerprint density at radius 2 is 1.91 bits per heavy atom. The molecule has 2 heterocycles. The van der Waals surface area contributed by atoms with E-state index in [0.29, 0.717) is 39.2 Å². The fourth-order valence-corrected chi connectivity index (χ4v) is 5.67. The van der Waals surface area contributed by atoms with Gasteiger partial charge in [-0.3, -0.25) is 0 Å². The number of unbranched alkanes of at least 4 members (excludes halogenated alkanes) is 1. The molecule has 2 amide bonds. The van der Waals surface area contributed by atoms with E-state index in [1.165, 1.54) is 12.1 Å². The average Bonchev–Trinajstić information content (AvgIpc) is 3.32. The van der Waals surface area contributed by atoms with Crippen LogP contribution in [0.4, 0.5) is 9.18 Å². The highest BCUT2D eigenvalue weighted by Crippen LogP contribution is 2.43. The number of nitrogens with zero attached hydrogens (tertiary/aromatic N) is 2. The molecule has 7 heteroatoms. The summed E-state index contributed by atoms with van der Waals surface area (Å²) in [5.74, 6) is -0.437. The summed E-state index contributed by atoms with van der Waals surface area (Å²) in [4.78, 5) is 17.0. The molecule has 3 atom stereocenters. The second kappa shape index (κ2) is 11.5. The molecule has 2 aromatic carbocycles. The second-order valence-electron chi connectivity index (χ2n) is 9.99. The zero-order valence-corrected chi connectivity index (χ0v) is 20.7. The van der Waals surface area contributed by atoms with Crippen molar-refractivity contribution in [2.24, 2.45) is 11.7 Å². The highest BCUT2D eigenvalue weighted by Gasteiger charge is 2.43. The van der Waals surface area contributed by atoms with Gasteiger partial charge in [-0.05, 0) is 67.3 Å². The van der Waals surface area contributed by atoms with Crippen LogP contribution in [0.25, 0.3) is 11.1 Å². The van der Waals surface area contributed by atoms with Gasteiger partial charge in [0.2, 0.25) is 0 Å². The third kappa shape index (κ3) is 5.85. The smallest absolute Gasteiger partial charge is 0.320 e. The molecule has 2 fully saturated rings. The van der Waals surface area contributed by atoms with Crippen LogP contribution in [0.2, 0.25) is 0 Å². The molecule has 2 aromatic rings. The van der Waals surface area contributed by atoms with Crippen LogP contribution < -0.4 is 5.73 Å². The summed E-state index contributed by atoms with van der Waals surface area (Å²) in [6.07, 6.45) is 4.65. The Hall–Kier alpha value is -2.48. The van der Waals surface area contributed by atoms with Gasteiger partial charge in [0.1, 0.15) is 5.82 Å². The van der Waals surface area contributed by atoms with Gasteiger partial charge < -0.3 is 25.4 Å². The Bertz CT molecular complexity index is 1000. The molecular weight excluding hydrogens is 445 g/mol. The van der Waals surface area contributed by atoms with Crippen molar-refractivity contribution in [3.05, 3.63) is 59.9 Å². The van der Waals surface area contributed by atoms with E-state index in [-0.39, 0.29) is 23.8 Å². The number of rotatable bonds is 8. The SMILES string of the molecule is COCCCCC(O)(c1ccccc1-c1cccc(F)c1)C1CCCN(C(=O)N2CCC(N)C2)C1. The Morgan fingerprint density at radius 3 is 2.66 bits per heavy atom. The molecule has 190 valence electrons. The van der Waals surface area contributed by atoms with E-state index in [0.717, 1.165) is 48.8 Å². The molecule has 2 saturated heterocycles. The van der Waals surface area contributed by atoms with Crippen molar-refractivity contribution in [1.29, 1.82) is 0 Å². The first kappa shape index (κ1) is 25.6. The maximum Gasteiger partial charge on any atom is 0.320 e. The molecular formula is C28H38FN3O3. The van der Waals surface area contributed by atoms with Crippen LogP contribution in [0, 0.1) is 11.7 Å². The van der Waals surface area contributed by atoms with Crippen molar-refractivity contribution in [3.8, 4) is 11.1 Å². The Labute approximate surface area is 207 Å². The van der Waals surface area contributed by atoms with E-state index in [1.54, 1.807) is 13.2 Å². The van der Waals surface area contributed by atoms with Crippen molar-refractivity contribution in [1.82, 2.24) is 9.80 Å². The van der Waals surface area contributed by atoms with E-state index in [1.807, 2.05) is 40.1 Å². The van der Waals surface area contributed by atoms with Gasteiger partial charge in [0.15, 0.2) is 0 Å². The van der Waals surface area contributed by atoms with Crippen molar-refractivity contribution < 1.29 is 19.0 Å². The van der Waals surface area contributed by atoms with Crippen LogP contribution in [0.15, 0.2) is 48.5 Å². The number of piperidine rings is 1. The number of amides is 2. The number of likely N-dealkylation sites (tertiary alicyclic amines) is 2. The van der Waals surface area contributed by atoms with Gasteiger partial charge in [0, 0.05) is 51.9 Å². The van der Waals surface area contributed by atoms with Crippen molar-refractivity contribution in [2.45, 2.75) is 50.2 Å². The standard InChI is InChI=1S/C28H38FN3O3/c1-35-17-5-4-14-28(34,26-12-3-2-11-25(26)21-8-6-10-23(29)18-21)22-9-7-15-31(19-22)27(33)32-16-13-24(30)20-32/h2-3,6,8,10-12,18,22,24,34H,4-5,7,9,13-17,19-20,30H2,1H3. The van der Waals surface area contributed by atoms with Gasteiger partial charge in [-0.15, -0.1) is 0 Å². The van der Waals surface area contributed by atoms with Gasteiger partial charge in [0.25, 0.3) is 0 Å². The lowest BCUT2D eigenvalue weighted by Crippen LogP contribution is -2.51. The molecule has 35 heavy (non-hydrogen) atoms. The topological polar surface area (TPSA) is 79.0 Å². The molecule has 0 bridgehead atoms. The third-order valence-corrected chi connectivity index (χ3v) is 7.55. The molecule has 0 spiro atoms. The zero-order valence-electron chi connectivity index (χ0n) is 20.7. The summed E-state index contributed by atoms with van der Waals surface area (Å²) in [5, 5.41) is 12.4. The molecule has 2 aliphatic heterocycles. The second-order valence-corrected chi connectivity index (χ2v) is 9.99. The number of benzene rings is 2. The van der Waals surface area contributed by atoms with Gasteiger partial charge >= 0.3 is 6.03 Å². The first-order valence-electron chi connectivity index (χ1n) is 12.8. The number of ether oxygens (including phenoxy) is 1. The Morgan fingerprint density at radius 1 is 1.11 bits per heavy atom. The minimum Gasteiger partial charge on any atom is -0.385 e. The number of urea groups is 1. The minimum atomic E-state index is -1.16. The van der Waals surface area contributed by atoms with Crippen LogP contribution in [-0.2, 0) is 10.3 Å². The van der Waals surface area contributed by atoms with E-state index in [2.05, 4.69) is 0 Å². The number of halogens is 1. The summed E-state index contributed by atoms with van der Waals surface area (Å²) in [6.45, 7) is 3.08. The van der Waals surface area contributed by atoms with Crippen LogP contribution in [0.5, 0.6) is 0 Å². The lowest BCUT2D eigenvalue weighted by molar-refractivity contribution is -0.0571. The zero-order chi connectivity index (χ0) is 24.8.